The van der Waals surface area contributed by atoms with Gasteiger partial charge in [-0.15, -0.1) is 0 Å². The van der Waals surface area contributed by atoms with Crippen LogP contribution in [-0.2, 0) is 6.42 Å². The van der Waals surface area contributed by atoms with Gasteiger partial charge < -0.3 is 9.84 Å². The van der Waals surface area contributed by atoms with E-state index in [9.17, 15) is 13.9 Å². The standard InChI is InChI=1S/C14H13F2NO2/c15-14(16)19-13-4-2-1-3-11(13)12(18)9-10-5-7-17-8-6-10/h1-8,12,14,18H,9H2. The summed E-state index contributed by atoms with van der Waals surface area (Å²) in [5, 5.41) is 10.1. The predicted molar refractivity (Wildman–Crippen MR) is 66.0 cm³/mol. The Kier molecular flexibility index (Phi) is 4.41. The predicted octanol–water partition coefficient (Wildman–Crippen LogP) is 2.96. The van der Waals surface area contributed by atoms with Crippen molar-refractivity contribution >= 4 is 0 Å². The number of alkyl halides is 2. The maximum Gasteiger partial charge on any atom is 0.387 e. The number of hydrogen-bond acceptors (Lipinski definition) is 3. The number of halogens is 2. The van der Waals surface area contributed by atoms with Crippen LogP contribution < -0.4 is 4.74 Å². The molecule has 0 fully saturated rings. The van der Waals surface area contributed by atoms with Crippen molar-refractivity contribution in [3.63, 3.8) is 0 Å². The zero-order chi connectivity index (χ0) is 13.7. The molecule has 0 aliphatic carbocycles. The Hall–Kier alpha value is -2.01. The molecule has 0 saturated heterocycles. The van der Waals surface area contributed by atoms with E-state index in [0.717, 1.165) is 5.56 Å². The highest BCUT2D eigenvalue weighted by molar-refractivity contribution is 5.36. The first-order valence-corrected chi connectivity index (χ1v) is 5.77. The van der Waals surface area contributed by atoms with Gasteiger partial charge >= 0.3 is 6.61 Å². The molecule has 0 aliphatic heterocycles. The summed E-state index contributed by atoms with van der Waals surface area (Å²) in [5.74, 6) is -0.000874. The van der Waals surface area contributed by atoms with E-state index < -0.39 is 12.7 Å². The molecule has 1 aromatic carbocycles. The van der Waals surface area contributed by atoms with Gasteiger partial charge in [-0.05, 0) is 23.8 Å². The normalized spacial score (nSPS) is 12.4. The van der Waals surface area contributed by atoms with E-state index >= 15 is 0 Å². The minimum atomic E-state index is -2.91. The van der Waals surface area contributed by atoms with Gasteiger partial charge in [0.05, 0.1) is 6.10 Å². The molecule has 1 aromatic heterocycles. The second kappa shape index (κ2) is 6.24. The van der Waals surface area contributed by atoms with Crippen molar-refractivity contribution in [3.05, 3.63) is 59.9 Å². The second-order valence-electron chi connectivity index (χ2n) is 3.99. The lowest BCUT2D eigenvalue weighted by Crippen LogP contribution is -2.08. The lowest BCUT2D eigenvalue weighted by molar-refractivity contribution is -0.0515. The summed E-state index contributed by atoms with van der Waals surface area (Å²) < 4.78 is 29.0. The summed E-state index contributed by atoms with van der Waals surface area (Å²) in [4.78, 5) is 3.88. The average Bonchev–Trinajstić information content (AvgIpc) is 2.39. The van der Waals surface area contributed by atoms with Crippen molar-refractivity contribution in [1.29, 1.82) is 0 Å². The molecule has 2 rings (SSSR count). The number of benzene rings is 1. The van der Waals surface area contributed by atoms with Gasteiger partial charge in [0, 0.05) is 24.4 Å². The van der Waals surface area contributed by atoms with E-state index in [4.69, 9.17) is 0 Å². The number of hydrogen-bond donors (Lipinski definition) is 1. The Bertz CT molecular complexity index is 520. The molecule has 3 nitrogen and oxygen atoms in total. The lowest BCUT2D eigenvalue weighted by Gasteiger charge is -2.15. The van der Waals surface area contributed by atoms with Gasteiger partial charge in [-0.3, -0.25) is 4.98 Å². The number of aliphatic hydroxyl groups excluding tert-OH is 1. The van der Waals surface area contributed by atoms with Crippen LogP contribution in [0.4, 0.5) is 8.78 Å². The third-order valence-electron chi connectivity index (χ3n) is 2.67. The highest BCUT2D eigenvalue weighted by Crippen LogP contribution is 2.28. The fraction of sp³-hybridized carbons (Fsp3) is 0.214. The maximum atomic E-state index is 12.3. The molecule has 0 amide bonds. The number of nitrogens with zero attached hydrogens (tertiary/aromatic N) is 1. The van der Waals surface area contributed by atoms with Gasteiger partial charge in [-0.2, -0.15) is 8.78 Å². The van der Waals surface area contributed by atoms with Gasteiger partial charge in [0.15, 0.2) is 0 Å². The molecule has 0 spiro atoms. The van der Waals surface area contributed by atoms with Crippen molar-refractivity contribution in [1.82, 2.24) is 4.98 Å². The summed E-state index contributed by atoms with van der Waals surface area (Å²) >= 11 is 0. The first kappa shape index (κ1) is 13.4. The van der Waals surface area contributed by atoms with E-state index in [-0.39, 0.29) is 5.75 Å². The molecule has 5 heteroatoms. The first-order chi connectivity index (χ1) is 9.16. The molecule has 0 aliphatic rings. The minimum Gasteiger partial charge on any atom is -0.434 e. The second-order valence-corrected chi connectivity index (χ2v) is 3.99. The molecular weight excluding hydrogens is 252 g/mol. The topological polar surface area (TPSA) is 42.4 Å². The number of aromatic nitrogens is 1. The van der Waals surface area contributed by atoms with Crippen LogP contribution in [-0.4, -0.2) is 16.7 Å². The molecule has 0 radical (unpaired) electrons. The molecule has 0 saturated carbocycles. The molecule has 1 N–H and O–H groups in total. The lowest BCUT2D eigenvalue weighted by atomic mass is 10.0. The van der Waals surface area contributed by atoms with Gasteiger partial charge in [0.2, 0.25) is 0 Å². The average molecular weight is 265 g/mol. The first-order valence-electron chi connectivity index (χ1n) is 5.77. The fourth-order valence-corrected chi connectivity index (χ4v) is 1.81. The Labute approximate surface area is 109 Å². The van der Waals surface area contributed by atoms with Crippen LogP contribution >= 0.6 is 0 Å². The minimum absolute atomic E-state index is 0.000874. The smallest absolute Gasteiger partial charge is 0.387 e. The Morgan fingerprint density at radius 3 is 2.47 bits per heavy atom. The molecule has 1 atom stereocenters. The summed E-state index contributed by atoms with van der Waals surface area (Å²) in [6, 6.07) is 9.77. The van der Waals surface area contributed by atoms with Crippen LogP contribution in [0.3, 0.4) is 0 Å². The molecule has 0 bridgehead atoms. The monoisotopic (exact) mass is 265 g/mol. The number of para-hydroxylation sites is 1. The maximum absolute atomic E-state index is 12.3. The van der Waals surface area contributed by atoms with Crippen molar-refractivity contribution in [3.8, 4) is 5.75 Å². The number of aliphatic hydroxyl groups is 1. The van der Waals surface area contributed by atoms with Crippen molar-refractivity contribution in [2.75, 3.05) is 0 Å². The van der Waals surface area contributed by atoms with Crippen LogP contribution in [0, 0.1) is 0 Å². The van der Waals surface area contributed by atoms with E-state index in [1.807, 2.05) is 0 Å². The van der Waals surface area contributed by atoms with Gasteiger partial charge in [0.1, 0.15) is 5.75 Å². The largest absolute Gasteiger partial charge is 0.434 e. The summed E-state index contributed by atoms with van der Waals surface area (Å²) in [6.07, 6.45) is 2.64. The molecule has 1 unspecified atom stereocenters. The van der Waals surface area contributed by atoms with Crippen LogP contribution in [0.5, 0.6) is 5.75 Å². The van der Waals surface area contributed by atoms with Gasteiger partial charge in [-0.1, -0.05) is 18.2 Å². The van der Waals surface area contributed by atoms with Gasteiger partial charge in [0.25, 0.3) is 0 Å². The zero-order valence-corrected chi connectivity index (χ0v) is 10.0. The van der Waals surface area contributed by atoms with Crippen molar-refractivity contribution in [2.24, 2.45) is 0 Å². The van der Waals surface area contributed by atoms with Crippen LogP contribution in [0.1, 0.15) is 17.2 Å². The Morgan fingerprint density at radius 1 is 1.11 bits per heavy atom. The van der Waals surface area contributed by atoms with E-state index in [2.05, 4.69) is 9.72 Å². The van der Waals surface area contributed by atoms with Crippen molar-refractivity contribution in [2.45, 2.75) is 19.1 Å². The Morgan fingerprint density at radius 2 is 1.79 bits per heavy atom. The highest BCUT2D eigenvalue weighted by Gasteiger charge is 2.16. The summed E-state index contributed by atoms with van der Waals surface area (Å²) in [7, 11) is 0. The third-order valence-corrected chi connectivity index (χ3v) is 2.67. The molecule has 2 aromatic rings. The van der Waals surface area contributed by atoms with E-state index in [0.29, 0.717) is 12.0 Å². The van der Waals surface area contributed by atoms with Crippen LogP contribution in [0.15, 0.2) is 48.8 Å². The Balaban J connectivity index is 2.16. The fourth-order valence-electron chi connectivity index (χ4n) is 1.81. The highest BCUT2D eigenvalue weighted by atomic mass is 19.3. The van der Waals surface area contributed by atoms with Crippen LogP contribution in [0.2, 0.25) is 0 Å². The third kappa shape index (κ3) is 3.72. The molecular formula is C14H13F2NO2. The van der Waals surface area contributed by atoms with Gasteiger partial charge in [-0.25, -0.2) is 0 Å². The molecule has 19 heavy (non-hydrogen) atoms. The summed E-state index contributed by atoms with van der Waals surface area (Å²) in [6.45, 7) is -2.91. The molecule has 1 heterocycles. The summed E-state index contributed by atoms with van der Waals surface area (Å²) in [5.41, 5.74) is 1.22. The van der Waals surface area contributed by atoms with E-state index in [1.54, 1.807) is 42.7 Å². The number of ether oxygens (including phenoxy) is 1. The SMILES string of the molecule is OC(Cc1ccncc1)c1ccccc1OC(F)F. The van der Waals surface area contributed by atoms with Crippen LogP contribution in [0.25, 0.3) is 0 Å². The van der Waals surface area contributed by atoms with Crippen molar-refractivity contribution < 1.29 is 18.6 Å². The van der Waals surface area contributed by atoms with E-state index in [1.165, 1.54) is 6.07 Å². The molecule has 100 valence electrons. The number of pyridine rings is 1. The number of rotatable bonds is 5. The zero-order valence-electron chi connectivity index (χ0n) is 10.0. The quantitative estimate of drug-likeness (QED) is 0.903.